The van der Waals surface area contributed by atoms with Crippen LogP contribution in [0, 0.1) is 17.2 Å². The SMILES string of the molecule is CC(C)[C@@H]1CN(c2cc(C3CC3)c3c(c2C#N)CC(C)(C)OC3)CCN1CCc1ccccc1. The van der Waals surface area contributed by atoms with Gasteiger partial charge in [0, 0.05) is 38.6 Å². The van der Waals surface area contributed by atoms with Gasteiger partial charge in [-0.15, -0.1) is 0 Å². The molecule has 0 N–H and O–H groups in total. The molecule has 0 spiro atoms. The van der Waals surface area contributed by atoms with Gasteiger partial charge in [-0.05, 0) is 73.3 Å². The second-order valence-corrected chi connectivity index (χ2v) is 11.5. The van der Waals surface area contributed by atoms with Crippen molar-refractivity contribution in [3.8, 4) is 6.07 Å². The molecule has 1 aliphatic carbocycles. The minimum absolute atomic E-state index is 0.214. The van der Waals surface area contributed by atoms with Crippen LogP contribution in [-0.4, -0.2) is 42.7 Å². The van der Waals surface area contributed by atoms with E-state index in [0.717, 1.165) is 44.6 Å². The molecule has 0 unspecified atom stereocenters. The van der Waals surface area contributed by atoms with Crippen LogP contribution < -0.4 is 4.90 Å². The Labute approximate surface area is 205 Å². The standard InChI is InChI=1S/C30H39N3O/c1-21(2)29-19-33(15-14-32(29)13-12-22-8-6-5-7-9-22)28-16-24(23-10-11-23)27-20-34-30(3,4)17-25(27)26(28)18-31/h5-9,16,21,23,29H,10-15,17,19-20H2,1-4H3/t29-/m0/s1. The summed E-state index contributed by atoms with van der Waals surface area (Å²) in [6.07, 6.45) is 4.45. The zero-order valence-electron chi connectivity index (χ0n) is 21.3. The summed E-state index contributed by atoms with van der Waals surface area (Å²) >= 11 is 0. The van der Waals surface area contributed by atoms with Crippen LogP contribution in [0.3, 0.4) is 0 Å². The molecule has 2 aromatic rings. The lowest BCUT2D eigenvalue weighted by molar-refractivity contribution is -0.0405. The molecule has 2 aliphatic heterocycles. The van der Waals surface area contributed by atoms with Gasteiger partial charge in [-0.3, -0.25) is 4.90 Å². The summed E-state index contributed by atoms with van der Waals surface area (Å²) in [4.78, 5) is 5.20. The molecule has 0 bridgehead atoms. The van der Waals surface area contributed by atoms with Gasteiger partial charge in [0.25, 0.3) is 0 Å². The molecule has 4 nitrogen and oxygen atoms in total. The predicted octanol–water partition coefficient (Wildman–Crippen LogP) is 5.68. The van der Waals surface area contributed by atoms with Crippen LogP contribution in [0.25, 0.3) is 0 Å². The third kappa shape index (κ3) is 4.74. The quantitative estimate of drug-likeness (QED) is 0.560. The molecule has 5 rings (SSSR count). The Morgan fingerprint density at radius 2 is 1.88 bits per heavy atom. The van der Waals surface area contributed by atoms with E-state index in [2.05, 4.69) is 80.0 Å². The highest BCUT2D eigenvalue weighted by Gasteiger charge is 2.37. The maximum absolute atomic E-state index is 10.3. The molecule has 1 atom stereocenters. The summed E-state index contributed by atoms with van der Waals surface area (Å²) < 4.78 is 6.19. The molecule has 2 heterocycles. The number of ether oxygens (including phenoxy) is 1. The summed E-state index contributed by atoms with van der Waals surface area (Å²) in [5.74, 6) is 1.22. The van der Waals surface area contributed by atoms with Gasteiger partial charge < -0.3 is 9.64 Å². The first kappa shape index (κ1) is 23.4. The summed E-state index contributed by atoms with van der Waals surface area (Å²) in [5, 5.41) is 10.3. The first-order chi connectivity index (χ1) is 16.4. The minimum atomic E-state index is -0.214. The molecular formula is C30H39N3O. The van der Waals surface area contributed by atoms with E-state index < -0.39 is 0 Å². The summed E-state index contributed by atoms with van der Waals surface area (Å²) in [7, 11) is 0. The highest BCUT2D eigenvalue weighted by molar-refractivity contribution is 5.68. The Kier molecular flexibility index (Phi) is 6.44. The van der Waals surface area contributed by atoms with E-state index in [9.17, 15) is 5.26 Å². The number of hydrogen-bond acceptors (Lipinski definition) is 4. The van der Waals surface area contributed by atoms with Gasteiger partial charge in [0.1, 0.15) is 6.07 Å². The highest BCUT2D eigenvalue weighted by Crippen LogP contribution is 2.47. The zero-order valence-corrected chi connectivity index (χ0v) is 21.3. The van der Waals surface area contributed by atoms with Crippen molar-refractivity contribution in [2.75, 3.05) is 31.1 Å². The Hall–Kier alpha value is -2.35. The van der Waals surface area contributed by atoms with Crippen LogP contribution in [0.15, 0.2) is 36.4 Å². The number of hydrogen-bond donors (Lipinski definition) is 0. The van der Waals surface area contributed by atoms with Gasteiger partial charge in [0.05, 0.1) is 23.5 Å². The molecule has 2 aromatic carbocycles. The Balaban J connectivity index is 1.42. The molecule has 1 saturated carbocycles. The summed E-state index contributed by atoms with van der Waals surface area (Å²) in [6, 6.07) is 16.3. The molecular weight excluding hydrogens is 418 g/mol. The van der Waals surface area contributed by atoms with Crippen LogP contribution in [0.4, 0.5) is 5.69 Å². The van der Waals surface area contributed by atoms with Gasteiger partial charge in [-0.2, -0.15) is 5.26 Å². The zero-order chi connectivity index (χ0) is 23.9. The van der Waals surface area contributed by atoms with E-state index in [4.69, 9.17) is 4.74 Å². The lowest BCUT2D eigenvalue weighted by Gasteiger charge is -2.45. The number of nitriles is 1. The fraction of sp³-hybridized carbons (Fsp3) is 0.567. The second-order valence-electron chi connectivity index (χ2n) is 11.5. The van der Waals surface area contributed by atoms with Crippen LogP contribution in [0.5, 0.6) is 0 Å². The van der Waals surface area contributed by atoms with Crippen molar-refractivity contribution in [3.05, 3.63) is 64.2 Å². The van der Waals surface area contributed by atoms with E-state index in [1.807, 2.05) is 0 Å². The molecule has 4 heteroatoms. The van der Waals surface area contributed by atoms with Gasteiger partial charge in [0.15, 0.2) is 0 Å². The van der Waals surface area contributed by atoms with E-state index in [1.54, 1.807) is 0 Å². The fourth-order valence-corrected chi connectivity index (χ4v) is 5.92. The number of anilines is 1. The lowest BCUT2D eigenvalue weighted by atomic mass is 9.83. The van der Waals surface area contributed by atoms with Crippen LogP contribution >= 0.6 is 0 Å². The lowest BCUT2D eigenvalue weighted by Crippen LogP contribution is -2.56. The van der Waals surface area contributed by atoms with E-state index in [0.29, 0.717) is 24.5 Å². The predicted molar refractivity (Wildman–Crippen MR) is 138 cm³/mol. The van der Waals surface area contributed by atoms with E-state index in [-0.39, 0.29) is 5.60 Å². The third-order valence-corrected chi connectivity index (χ3v) is 8.08. The van der Waals surface area contributed by atoms with Crippen molar-refractivity contribution in [1.29, 1.82) is 5.26 Å². The van der Waals surface area contributed by atoms with Crippen LogP contribution in [0.2, 0.25) is 0 Å². The Morgan fingerprint density at radius 1 is 1.12 bits per heavy atom. The van der Waals surface area contributed by atoms with Crippen LogP contribution in [0.1, 0.15) is 74.3 Å². The van der Waals surface area contributed by atoms with Gasteiger partial charge in [0.2, 0.25) is 0 Å². The normalized spacial score (nSPS) is 22.5. The van der Waals surface area contributed by atoms with Crippen molar-refractivity contribution in [2.24, 2.45) is 5.92 Å². The van der Waals surface area contributed by atoms with Crippen LogP contribution in [-0.2, 0) is 24.2 Å². The highest BCUT2D eigenvalue weighted by atomic mass is 16.5. The van der Waals surface area contributed by atoms with Crippen molar-refractivity contribution in [2.45, 2.75) is 77.5 Å². The van der Waals surface area contributed by atoms with Crippen molar-refractivity contribution < 1.29 is 4.74 Å². The molecule has 0 aromatic heterocycles. The number of rotatable bonds is 6. The van der Waals surface area contributed by atoms with Crippen molar-refractivity contribution >= 4 is 5.69 Å². The number of nitrogens with zero attached hydrogens (tertiary/aromatic N) is 3. The molecule has 180 valence electrons. The fourth-order valence-electron chi connectivity index (χ4n) is 5.92. The molecule has 2 fully saturated rings. The molecule has 34 heavy (non-hydrogen) atoms. The van der Waals surface area contributed by atoms with Crippen molar-refractivity contribution in [1.82, 2.24) is 4.90 Å². The molecule has 0 amide bonds. The van der Waals surface area contributed by atoms with Crippen molar-refractivity contribution in [3.63, 3.8) is 0 Å². The maximum Gasteiger partial charge on any atom is 0.102 e. The van der Waals surface area contributed by atoms with Gasteiger partial charge in [-0.1, -0.05) is 44.2 Å². The largest absolute Gasteiger partial charge is 0.371 e. The average Bonchev–Trinajstić information content (AvgIpc) is 3.67. The maximum atomic E-state index is 10.3. The first-order valence-corrected chi connectivity index (χ1v) is 13.1. The molecule has 1 saturated heterocycles. The average molecular weight is 458 g/mol. The number of fused-ring (bicyclic) bond motifs is 1. The Morgan fingerprint density at radius 3 is 2.56 bits per heavy atom. The van der Waals surface area contributed by atoms with Gasteiger partial charge >= 0.3 is 0 Å². The topological polar surface area (TPSA) is 39.5 Å². The smallest absolute Gasteiger partial charge is 0.102 e. The Bertz CT molecular complexity index is 1060. The summed E-state index contributed by atoms with van der Waals surface area (Å²) in [6.45, 7) is 13.8. The monoisotopic (exact) mass is 457 g/mol. The van der Waals surface area contributed by atoms with E-state index in [1.165, 1.54) is 40.8 Å². The molecule has 3 aliphatic rings. The third-order valence-electron chi connectivity index (χ3n) is 8.08. The van der Waals surface area contributed by atoms with Gasteiger partial charge in [-0.25, -0.2) is 0 Å². The minimum Gasteiger partial charge on any atom is -0.371 e. The number of piperazine rings is 1. The molecule has 0 radical (unpaired) electrons. The first-order valence-electron chi connectivity index (χ1n) is 13.1. The number of benzene rings is 2. The summed E-state index contributed by atoms with van der Waals surface area (Å²) in [5.41, 5.74) is 7.29. The second kappa shape index (κ2) is 9.36. The van der Waals surface area contributed by atoms with E-state index >= 15 is 0 Å².